The van der Waals surface area contributed by atoms with Gasteiger partial charge in [-0.2, -0.15) is 0 Å². The molecule has 0 aliphatic carbocycles. The monoisotopic (exact) mass is 305 g/mol. The molecule has 0 aliphatic rings. The van der Waals surface area contributed by atoms with Gasteiger partial charge in [0.05, 0.1) is 17.8 Å². The minimum Gasteiger partial charge on any atom is -0.508 e. The van der Waals surface area contributed by atoms with Gasteiger partial charge in [0.2, 0.25) is 5.91 Å². The number of carbonyl (C=O) groups is 1. The number of aryl methyl sites for hydroxylation is 1. The number of hydrogen-bond donors (Lipinski definition) is 2. The van der Waals surface area contributed by atoms with Crippen LogP contribution in [0.15, 0.2) is 42.5 Å². The summed E-state index contributed by atoms with van der Waals surface area (Å²) in [7, 11) is 1.61. The van der Waals surface area contributed by atoms with Crippen LogP contribution >= 0.6 is 11.6 Å². The lowest BCUT2D eigenvalue weighted by molar-refractivity contribution is -0.116. The van der Waals surface area contributed by atoms with Crippen molar-refractivity contribution >= 4 is 23.2 Å². The molecule has 2 aromatic rings. The molecule has 0 saturated carbocycles. The standard InChI is InChI=1S/C16H16ClNO3/c1-21-13-6-2-11(3-7-13)4-9-16(20)18-15-8-5-12(19)10-14(15)17/h2-3,5-8,10,19H,4,9H2,1H3,(H,18,20). The predicted octanol–water partition coefficient (Wildman–Crippen LogP) is 3.63. The fourth-order valence-electron chi connectivity index (χ4n) is 1.87. The van der Waals surface area contributed by atoms with Crippen molar-refractivity contribution in [2.45, 2.75) is 12.8 Å². The number of halogens is 1. The molecule has 0 spiro atoms. The van der Waals surface area contributed by atoms with Gasteiger partial charge in [-0.05, 0) is 36.2 Å². The van der Waals surface area contributed by atoms with Crippen LogP contribution in [0.1, 0.15) is 12.0 Å². The van der Waals surface area contributed by atoms with Crippen molar-refractivity contribution in [2.24, 2.45) is 0 Å². The first-order valence-corrected chi connectivity index (χ1v) is 6.87. The van der Waals surface area contributed by atoms with Crippen LogP contribution in [-0.4, -0.2) is 18.1 Å². The third-order valence-corrected chi connectivity index (χ3v) is 3.34. The topological polar surface area (TPSA) is 58.6 Å². The molecule has 0 atom stereocenters. The summed E-state index contributed by atoms with van der Waals surface area (Å²) in [4.78, 5) is 11.9. The Morgan fingerprint density at radius 3 is 2.57 bits per heavy atom. The van der Waals surface area contributed by atoms with Gasteiger partial charge in [0, 0.05) is 12.5 Å². The van der Waals surface area contributed by atoms with E-state index in [9.17, 15) is 9.90 Å². The summed E-state index contributed by atoms with van der Waals surface area (Å²) in [6, 6.07) is 12.0. The van der Waals surface area contributed by atoms with Gasteiger partial charge in [-0.3, -0.25) is 4.79 Å². The van der Waals surface area contributed by atoms with Crippen LogP contribution in [0.4, 0.5) is 5.69 Å². The molecular formula is C16H16ClNO3. The normalized spacial score (nSPS) is 10.2. The maximum absolute atomic E-state index is 11.9. The number of ether oxygens (including phenoxy) is 1. The molecule has 2 N–H and O–H groups in total. The Hall–Kier alpha value is -2.20. The maximum atomic E-state index is 11.9. The molecule has 110 valence electrons. The van der Waals surface area contributed by atoms with Crippen molar-refractivity contribution in [3.05, 3.63) is 53.1 Å². The number of carbonyl (C=O) groups excluding carboxylic acids is 1. The number of phenolic OH excluding ortho intramolecular Hbond substituents is 1. The number of methoxy groups -OCH3 is 1. The highest BCUT2D eigenvalue weighted by Gasteiger charge is 2.07. The number of amides is 1. The predicted molar refractivity (Wildman–Crippen MR) is 83.1 cm³/mol. The van der Waals surface area contributed by atoms with E-state index >= 15 is 0 Å². The highest BCUT2D eigenvalue weighted by Crippen LogP contribution is 2.26. The number of anilines is 1. The van der Waals surface area contributed by atoms with Crippen molar-refractivity contribution in [1.29, 1.82) is 0 Å². The molecule has 0 radical (unpaired) electrons. The highest BCUT2D eigenvalue weighted by atomic mass is 35.5. The van der Waals surface area contributed by atoms with E-state index in [4.69, 9.17) is 16.3 Å². The van der Waals surface area contributed by atoms with Gasteiger partial charge >= 0.3 is 0 Å². The Bertz CT molecular complexity index is 626. The number of benzene rings is 2. The summed E-state index contributed by atoms with van der Waals surface area (Å²) >= 11 is 5.94. The molecule has 0 aliphatic heterocycles. The van der Waals surface area contributed by atoms with E-state index in [2.05, 4.69) is 5.32 Å². The average Bonchev–Trinajstić information content (AvgIpc) is 2.48. The van der Waals surface area contributed by atoms with Crippen LogP contribution in [0.3, 0.4) is 0 Å². The number of rotatable bonds is 5. The molecular weight excluding hydrogens is 290 g/mol. The minimum atomic E-state index is -0.126. The molecule has 0 bridgehead atoms. The molecule has 0 heterocycles. The Labute approximate surface area is 128 Å². The second-order valence-electron chi connectivity index (χ2n) is 4.56. The fourth-order valence-corrected chi connectivity index (χ4v) is 2.09. The van der Waals surface area contributed by atoms with Crippen LogP contribution in [0.2, 0.25) is 5.02 Å². The summed E-state index contributed by atoms with van der Waals surface area (Å²) < 4.78 is 5.08. The lowest BCUT2D eigenvalue weighted by atomic mass is 10.1. The van der Waals surface area contributed by atoms with Gasteiger partial charge in [0.15, 0.2) is 0 Å². The molecule has 0 saturated heterocycles. The van der Waals surface area contributed by atoms with E-state index in [0.29, 0.717) is 23.6 Å². The smallest absolute Gasteiger partial charge is 0.224 e. The molecule has 21 heavy (non-hydrogen) atoms. The van der Waals surface area contributed by atoms with Gasteiger partial charge in [-0.25, -0.2) is 0 Å². The zero-order valence-electron chi connectivity index (χ0n) is 11.6. The van der Waals surface area contributed by atoms with Crippen LogP contribution in [0.25, 0.3) is 0 Å². The van der Waals surface area contributed by atoms with Crippen molar-refractivity contribution in [3.8, 4) is 11.5 Å². The van der Waals surface area contributed by atoms with Gasteiger partial charge in [-0.1, -0.05) is 23.7 Å². The second-order valence-corrected chi connectivity index (χ2v) is 4.97. The first kappa shape index (κ1) is 15.2. The Balaban J connectivity index is 1.89. The molecule has 5 heteroatoms. The maximum Gasteiger partial charge on any atom is 0.224 e. The van der Waals surface area contributed by atoms with Crippen LogP contribution in [0, 0.1) is 0 Å². The zero-order chi connectivity index (χ0) is 15.2. The van der Waals surface area contributed by atoms with Gasteiger partial charge in [0.25, 0.3) is 0 Å². The van der Waals surface area contributed by atoms with Gasteiger partial charge < -0.3 is 15.2 Å². The average molecular weight is 306 g/mol. The molecule has 0 unspecified atom stereocenters. The SMILES string of the molecule is COc1ccc(CCC(=O)Nc2ccc(O)cc2Cl)cc1. The number of aromatic hydroxyl groups is 1. The fraction of sp³-hybridized carbons (Fsp3) is 0.188. The Morgan fingerprint density at radius 2 is 1.95 bits per heavy atom. The number of nitrogens with one attached hydrogen (secondary N) is 1. The van der Waals surface area contributed by atoms with E-state index in [1.807, 2.05) is 24.3 Å². The minimum absolute atomic E-state index is 0.0660. The van der Waals surface area contributed by atoms with Crippen molar-refractivity contribution in [2.75, 3.05) is 12.4 Å². The van der Waals surface area contributed by atoms with Crippen LogP contribution in [-0.2, 0) is 11.2 Å². The summed E-state index contributed by atoms with van der Waals surface area (Å²) in [5, 5.41) is 12.3. The third kappa shape index (κ3) is 4.39. The Morgan fingerprint density at radius 1 is 1.24 bits per heavy atom. The molecule has 0 aromatic heterocycles. The van der Waals surface area contributed by atoms with E-state index in [1.54, 1.807) is 13.2 Å². The lowest BCUT2D eigenvalue weighted by Gasteiger charge is -2.08. The summed E-state index contributed by atoms with van der Waals surface area (Å²) in [5.74, 6) is 0.730. The van der Waals surface area contributed by atoms with E-state index in [1.165, 1.54) is 12.1 Å². The quantitative estimate of drug-likeness (QED) is 0.829. The van der Waals surface area contributed by atoms with Crippen LogP contribution < -0.4 is 10.1 Å². The number of phenols is 1. The largest absolute Gasteiger partial charge is 0.508 e. The van der Waals surface area contributed by atoms with Crippen molar-refractivity contribution in [1.82, 2.24) is 0 Å². The van der Waals surface area contributed by atoms with Crippen molar-refractivity contribution < 1.29 is 14.6 Å². The molecule has 2 rings (SSSR count). The second kappa shape index (κ2) is 6.99. The van der Waals surface area contributed by atoms with E-state index in [0.717, 1.165) is 11.3 Å². The highest BCUT2D eigenvalue weighted by molar-refractivity contribution is 6.33. The third-order valence-electron chi connectivity index (χ3n) is 3.03. The molecule has 4 nitrogen and oxygen atoms in total. The number of hydrogen-bond acceptors (Lipinski definition) is 3. The van der Waals surface area contributed by atoms with E-state index in [-0.39, 0.29) is 11.7 Å². The molecule has 2 aromatic carbocycles. The summed E-state index contributed by atoms with van der Waals surface area (Å²) in [6.07, 6.45) is 0.981. The van der Waals surface area contributed by atoms with Crippen molar-refractivity contribution in [3.63, 3.8) is 0 Å². The van der Waals surface area contributed by atoms with E-state index < -0.39 is 0 Å². The first-order valence-electron chi connectivity index (χ1n) is 6.50. The first-order chi connectivity index (χ1) is 10.1. The van der Waals surface area contributed by atoms with Gasteiger partial charge in [0.1, 0.15) is 11.5 Å². The van der Waals surface area contributed by atoms with Gasteiger partial charge in [-0.15, -0.1) is 0 Å². The Kier molecular flexibility index (Phi) is 5.06. The summed E-state index contributed by atoms with van der Waals surface area (Å²) in [5.41, 5.74) is 1.55. The zero-order valence-corrected chi connectivity index (χ0v) is 12.4. The molecule has 0 fully saturated rings. The lowest BCUT2D eigenvalue weighted by Crippen LogP contribution is -2.12. The van der Waals surface area contributed by atoms with Crippen LogP contribution in [0.5, 0.6) is 11.5 Å². The molecule has 1 amide bonds. The summed E-state index contributed by atoms with van der Waals surface area (Å²) in [6.45, 7) is 0.